The predicted octanol–water partition coefficient (Wildman–Crippen LogP) is 4.14. The van der Waals surface area contributed by atoms with Crippen molar-refractivity contribution >= 4 is 40.7 Å². The molecule has 5 heteroatoms. The number of carbonyl (C=O) groups is 1. The van der Waals surface area contributed by atoms with Crippen LogP contribution in [0, 0.1) is 0 Å². The van der Waals surface area contributed by atoms with E-state index in [0.29, 0.717) is 11.5 Å². The largest absolute Gasteiger partial charge is 0.349 e. The van der Waals surface area contributed by atoms with Crippen LogP contribution in [-0.2, 0) is 4.79 Å². The van der Waals surface area contributed by atoms with E-state index >= 15 is 0 Å². The quantitative estimate of drug-likeness (QED) is 0.888. The van der Waals surface area contributed by atoms with E-state index < -0.39 is 0 Å². The fourth-order valence-corrected chi connectivity index (χ4v) is 1.75. The lowest BCUT2D eigenvalue weighted by Gasteiger charge is -2.18. The molecule has 0 radical (unpaired) electrons. The van der Waals surface area contributed by atoms with Gasteiger partial charge in [-0.1, -0.05) is 65.1 Å². The van der Waals surface area contributed by atoms with Crippen molar-refractivity contribution in [2.75, 3.05) is 0 Å². The van der Waals surface area contributed by atoms with Crippen LogP contribution in [0.3, 0.4) is 0 Å². The first-order valence-electron chi connectivity index (χ1n) is 5.02. The summed E-state index contributed by atoms with van der Waals surface area (Å²) in [7, 11) is 0. The Morgan fingerprint density at radius 2 is 1.82 bits per heavy atom. The summed E-state index contributed by atoms with van der Waals surface area (Å²) < 4.78 is 0.0259. The van der Waals surface area contributed by atoms with Gasteiger partial charge in [0.1, 0.15) is 4.49 Å². The van der Waals surface area contributed by atoms with Gasteiger partial charge in [0.05, 0.1) is 11.1 Å². The highest BCUT2D eigenvalue weighted by Gasteiger charge is 2.15. The van der Waals surface area contributed by atoms with Gasteiger partial charge >= 0.3 is 0 Å². The van der Waals surface area contributed by atoms with E-state index in [9.17, 15) is 4.79 Å². The number of hydrogen-bond donors (Lipinski definition) is 1. The van der Waals surface area contributed by atoms with Crippen LogP contribution >= 0.6 is 34.8 Å². The van der Waals surface area contributed by atoms with Crippen LogP contribution in [0.4, 0.5) is 0 Å². The fraction of sp³-hybridized carbons (Fsp3) is 0.250. The molecule has 0 spiro atoms. The molecule has 1 aromatic carbocycles. The summed E-state index contributed by atoms with van der Waals surface area (Å²) in [5.41, 5.74) is 0.954. The van der Waals surface area contributed by atoms with Crippen molar-refractivity contribution in [3.05, 3.63) is 45.4 Å². The molecule has 1 aromatic rings. The normalized spacial score (nSPS) is 11.8. The zero-order chi connectivity index (χ0) is 12.8. The van der Waals surface area contributed by atoms with Crippen LogP contribution in [0.15, 0.2) is 39.9 Å². The molecule has 2 nitrogen and oxygen atoms in total. The molecule has 0 saturated carbocycles. The van der Waals surface area contributed by atoms with Gasteiger partial charge in [0.25, 0.3) is 0 Å². The summed E-state index contributed by atoms with van der Waals surface area (Å²) in [6.07, 6.45) is 0.369. The van der Waals surface area contributed by atoms with Gasteiger partial charge in [0.15, 0.2) is 0 Å². The first-order chi connectivity index (χ1) is 8.00. The highest BCUT2D eigenvalue weighted by Crippen LogP contribution is 2.28. The van der Waals surface area contributed by atoms with Crippen LogP contribution in [0.25, 0.3) is 0 Å². The van der Waals surface area contributed by atoms with Gasteiger partial charge in [0.2, 0.25) is 5.91 Å². The molecule has 0 bridgehead atoms. The standard InChI is InChI=1S/C12H12Cl3NO/c1-8(17)16-11(7-10(13)12(14)15)9-5-3-2-4-6-9/h2-6,11H,7H2,1H3,(H,16,17). The zero-order valence-corrected chi connectivity index (χ0v) is 11.5. The molecule has 1 rings (SSSR count). The van der Waals surface area contributed by atoms with Gasteiger partial charge in [-0.2, -0.15) is 0 Å². The lowest BCUT2D eigenvalue weighted by Crippen LogP contribution is -2.26. The Balaban J connectivity index is 2.89. The SMILES string of the molecule is CC(=O)NC(CC(Cl)=C(Cl)Cl)c1ccccc1. The van der Waals surface area contributed by atoms with E-state index in [-0.39, 0.29) is 16.4 Å². The van der Waals surface area contributed by atoms with Crippen molar-refractivity contribution in [3.8, 4) is 0 Å². The van der Waals surface area contributed by atoms with Crippen LogP contribution in [-0.4, -0.2) is 5.91 Å². The lowest BCUT2D eigenvalue weighted by molar-refractivity contribution is -0.119. The first kappa shape index (κ1) is 14.4. The summed E-state index contributed by atoms with van der Waals surface area (Å²) >= 11 is 17.1. The molecule has 1 unspecified atom stereocenters. The monoisotopic (exact) mass is 291 g/mol. The van der Waals surface area contributed by atoms with Gasteiger partial charge in [-0.05, 0) is 5.56 Å². The first-order valence-corrected chi connectivity index (χ1v) is 6.15. The molecular formula is C12H12Cl3NO. The van der Waals surface area contributed by atoms with Crippen LogP contribution in [0.1, 0.15) is 24.9 Å². The molecule has 1 atom stereocenters. The minimum absolute atomic E-state index is 0.0259. The van der Waals surface area contributed by atoms with E-state index in [4.69, 9.17) is 34.8 Å². The number of benzene rings is 1. The van der Waals surface area contributed by atoms with Gasteiger partial charge in [-0.25, -0.2) is 0 Å². The Kier molecular flexibility index (Phi) is 5.83. The van der Waals surface area contributed by atoms with Crippen molar-refractivity contribution < 1.29 is 4.79 Å². The summed E-state index contributed by atoms with van der Waals surface area (Å²) in [5.74, 6) is -0.131. The highest BCUT2D eigenvalue weighted by molar-refractivity contribution is 6.59. The van der Waals surface area contributed by atoms with Gasteiger partial charge in [0, 0.05) is 13.3 Å². The molecule has 92 valence electrons. The second-order valence-corrected chi connectivity index (χ2v) is 4.94. The van der Waals surface area contributed by atoms with E-state index in [0.717, 1.165) is 5.56 Å². The Bertz CT molecular complexity index is 413. The third-order valence-electron chi connectivity index (χ3n) is 2.17. The Hall–Kier alpha value is -0.700. The van der Waals surface area contributed by atoms with Crippen molar-refractivity contribution in [2.45, 2.75) is 19.4 Å². The molecule has 17 heavy (non-hydrogen) atoms. The number of amides is 1. The highest BCUT2D eigenvalue weighted by atomic mass is 35.5. The molecular weight excluding hydrogens is 280 g/mol. The molecule has 1 amide bonds. The number of halogens is 3. The smallest absolute Gasteiger partial charge is 0.217 e. The molecule has 1 N–H and O–H groups in total. The van der Waals surface area contributed by atoms with E-state index in [1.807, 2.05) is 30.3 Å². The van der Waals surface area contributed by atoms with Crippen LogP contribution in [0.2, 0.25) is 0 Å². The Labute approximate surface area is 116 Å². The minimum atomic E-state index is -0.228. The lowest BCUT2D eigenvalue weighted by atomic mass is 10.0. The molecule has 0 fully saturated rings. The minimum Gasteiger partial charge on any atom is -0.349 e. The van der Waals surface area contributed by atoms with Crippen molar-refractivity contribution in [2.24, 2.45) is 0 Å². The van der Waals surface area contributed by atoms with Crippen molar-refractivity contribution in [3.63, 3.8) is 0 Å². The summed E-state index contributed by atoms with van der Waals surface area (Å²) in [5, 5.41) is 3.14. The second-order valence-electron chi connectivity index (χ2n) is 3.53. The maximum absolute atomic E-state index is 11.1. The number of carbonyl (C=O) groups excluding carboxylic acids is 1. The van der Waals surface area contributed by atoms with E-state index in [1.54, 1.807) is 0 Å². The van der Waals surface area contributed by atoms with E-state index in [2.05, 4.69) is 5.32 Å². The topological polar surface area (TPSA) is 29.1 Å². The molecule has 0 heterocycles. The van der Waals surface area contributed by atoms with Crippen molar-refractivity contribution in [1.29, 1.82) is 0 Å². The fourth-order valence-electron chi connectivity index (χ4n) is 1.44. The van der Waals surface area contributed by atoms with Gasteiger partial charge < -0.3 is 5.32 Å². The Morgan fingerprint density at radius 1 is 1.24 bits per heavy atom. The van der Waals surface area contributed by atoms with E-state index in [1.165, 1.54) is 6.92 Å². The molecule has 0 aromatic heterocycles. The van der Waals surface area contributed by atoms with Gasteiger partial charge in [-0.3, -0.25) is 4.79 Å². The molecule has 0 saturated heterocycles. The average Bonchev–Trinajstić information content (AvgIpc) is 2.28. The van der Waals surface area contributed by atoms with Crippen LogP contribution in [0.5, 0.6) is 0 Å². The third kappa shape index (κ3) is 4.99. The maximum Gasteiger partial charge on any atom is 0.217 e. The number of hydrogen-bond acceptors (Lipinski definition) is 1. The summed E-state index contributed by atoms with van der Waals surface area (Å²) in [6, 6.07) is 9.28. The zero-order valence-electron chi connectivity index (χ0n) is 9.21. The maximum atomic E-state index is 11.1. The second kappa shape index (κ2) is 6.90. The van der Waals surface area contributed by atoms with Gasteiger partial charge in [-0.15, -0.1) is 0 Å². The van der Waals surface area contributed by atoms with Crippen molar-refractivity contribution in [1.82, 2.24) is 5.32 Å². The molecule has 0 aliphatic carbocycles. The molecule has 0 aliphatic heterocycles. The Morgan fingerprint density at radius 3 is 2.29 bits per heavy atom. The third-order valence-corrected chi connectivity index (χ3v) is 3.16. The summed E-state index contributed by atoms with van der Waals surface area (Å²) in [4.78, 5) is 11.1. The number of nitrogens with one attached hydrogen (secondary N) is 1. The number of rotatable bonds is 4. The molecule has 0 aliphatic rings. The summed E-state index contributed by atoms with van der Waals surface area (Å²) in [6.45, 7) is 1.45. The predicted molar refractivity (Wildman–Crippen MR) is 72.2 cm³/mol. The van der Waals surface area contributed by atoms with Crippen LogP contribution < -0.4 is 5.32 Å². The average molecular weight is 293 g/mol.